The average Bonchev–Trinajstić information content (AvgIpc) is 2.89. The van der Waals surface area contributed by atoms with Crippen molar-refractivity contribution in [3.05, 3.63) is 22.4 Å². The minimum atomic E-state index is 0.166. The Morgan fingerprint density at radius 1 is 1.65 bits per heavy atom. The fourth-order valence-corrected chi connectivity index (χ4v) is 3.34. The second kappa shape index (κ2) is 5.96. The van der Waals surface area contributed by atoms with Crippen LogP contribution in [-0.4, -0.2) is 50.1 Å². The van der Waals surface area contributed by atoms with Gasteiger partial charge in [-0.25, -0.2) is 0 Å². The van der Waals surface area contributed by atoms with E-state index in [0.717, 1.165) is 12.5 Å². The molecule has 1 fully saturated rings. The molecule has 0 spiro atoms. The third-order valence-corrected chi connectivity index (χ3v) is 4.48. The summed E-state index contributed by atoms with van der Waals surface area (Å²) < 4.78 is 0. The largest absolute Gasteiger partial charge is 0.322 e. The number of hydrogen-bond acceptors (Lipinski definition) is 4. The van der Waals surface area contributed by atoms with Gasteiger partial charge in [0.2, 0.25) is 0 Å². The lowest BCUT2D eigenvalue weighted by molar-refractivity contribution is 0.261. The van der Waals surface area contributed by atoms with Gasteiger partial charge in [0.05, 0.1) is 6.04 Å². The van der Waals surface area contributed by atoms with Gasteiger partial charge in [-0.3, -0.25) is 0 Å². The topological polar surface area (TPSA) is 32.5 Å². The van der Waals surface area contributed by atoms with Crippen LogP contribution in [-0.2, 0) is 0 Å². The number of rotatable bonds is 5. The maximum atomic E-state index is 6.20. The summed E-state index contributed by atoms with van der Waals surface area (Å²) in [5, 5.41) is 2.10. The first kappa shape index (κ1) is 13.0. The van der Waals surface area contributed by atoms with E-state index >= 15 is 0 Å². The van der Waals surface area contributed by atoms with Crippen molar-refractivity contribution in [1.82, 2.24) is 9.80 Å². The molecule has 4 heteroatoms. The van der Waals surface area contributed by atoms with Crippen molar-refractivity contribution in [3.8, 4) is 0 Å². The monoisotopic (exact) mass is 253 g/mol. The third kappa shape index (κ3) is 3.78. The van der Waals surface area contributed by atoms with Gasteiger partial charge in [0.25, 0.3) is 0 Å². The molecule has 96 valence electrons. The van der Waals surface area contributed by atoms with E-state index in [4.69, 9.17) is 5.73 Å². The highest BCUT2D eigenvalue weighted by Gasteiger charge is 2.21. The zero-order chi connectivity index (χ0) is 12.3. The van der Waals surface area contributed by atoms with Gasteiger partial charge in [0, 0.05) is 24.5 Å². The molecule has 2 unspecified atom stereocenters. The lowest BCUT2D eigenvalue weighted by Gasteiger charge is -2.23. The first-order valence-corrected chi connectivity index (χ1v) is 7.19. The predicted octanol–water partition coefficient (Wildman–Crippen LogP) is 1.63. The van der Waals surface area contributed by atoms with Crippen LogP contribution >= 0.6 is 11.3 Å². The highest BCUT2D eigenvalue weighted by molar-refractivity contribution is 7.10. The Hall–Kier alpha value is -0.420. The first-order chi connectivity index (χ1) is 8.15. The average molecular weight is 253 g/mol. The van der Waals surface area contributed by atoms with E-state index in [9.17, 15) is 0 Å². The number of hydrogen-bond donors (Lipinski definition) is 1. The lowest BCUT2D eigenvalue weighted by atomic mass is 10.1. The fraction of sp³-hybridized carbons (Fsp3) is 0.692. The molecule has 1 aromatic heterocycles. The van der Waals surface area contributed by atoms with Crippen LogP contribution < -0.4 is 5.73 Å². The van der Waals surface area contributed by atoms with E-state index in [-0.39, 0.29) is 6.04 Å². The van der Waals surface area contributed by atoms with Crippen LogP contribution in [0, 0.1) is 5.92 Å². The van der Waals surface area contributed by atoms with Gasteiger partial charge < -0.3 is 15.5 Å². The van der Waals surface area contributed by atoms with E-state index in [1.54, 1.807) is 11.3 Å². The van der Waals surface area contributed by atoms with E-state index < -0.39 is 0 Å². The fourth-order valence-electron chi connectivity index (χ4n) is 2.62. The molecule has 2 heterocycles. The van der Waals surface area contributed by atoms with Crippen molar-refractivity contribution in [1.29, 1.82) is 0 Å². The zero-order valence-electron chi connectivity index (χ0n) is 10.8. The smallest absolute Gasteiger partial charge is 0.0518 e. The Balaban J connectivity index is 1.75. The Bertz CT molecular complexity index is 325. The molecule has 0 radical (unpaired) electrons. The quantitative estimate of drug-likeness (QED) is 0.866. The maximum absolute atomic E-state index is 6.20. The standard InChI is InChI=1S/C13H23N3S/c1-15-6-5-11(8-15)9-16(2)10-12(14)13-4-3-7-17-13/h3-4,7,11-12H,5-6,8-10,14H2,1-2H3. The summed E-state index contributed by atoms with van der Waals surface area (Å²) in [4.78, 5) is 6.09. The molecule has 0 aliphatic carbocycles. The van der Waals surface area contributed by atoms with E-state index in [2.05, 4.69) is 41.4 Å². The van der Waals surface area contributed by atoms with Crippen LogP contribution in [0.1, 0.15) is 17.3 Å². The Labute approximate surface area is 108 Å². The van der Waals surface area contributed by atoms with Gasteiger partial charge in [0.1, 0.15) is 0 Å². The van der Waals surface area contributed by atoms with Crippen molar-refractivity contribution in [3.63, 3.8) is 0 Å². The van der Waals surface area contributed by atoms with Crippen LogP contribution in [0.4, 0.5) is 0 Å². The Morgan fingerprint density at radius 3 is 3.06 bits per heavy atom. The number of likely N-dealkylation sites (N-methyl/N-ethyl adjacent to an activating group) is 1. The SMILES string of the molecule is CN1CCC(CN(C)CC(N)c2cccs2)C1. The summed E-state index contributed by atoms with van der Waals surface area (Å²) >= 11 is 1.76. The summed E-state index contributed by atoms with van der Waals surface area (Å²) in [5.74, 6) is 0.820. The molecule has 2 rings (SSSR count). The second-order valence-corrected chi connectivity index (χ2v) is 6.24. The Morgan fingerprint density at radius 2 is 2.47 bits per heavy atom. The van der Waals surface area contributed by atoms with Crippen molar-refractivity contribution in [2.75, 3.05) is 40.3 Å². The Kier molecular flexibility index (Phi) is 4.56. The summed E-state index contributed by atoms with van der Waals surface area (Å²) in [6, 6.07) is 4.37. The van der Waals surface area contributed by atoms with Gasteiger partial charge in [-0.05, 0) is 44.4 Å². The molecule has 3 nitrogen and oxygen atoms in total. The van der Waals surface area contributed by atoms with Crippen LogP contribution in [0.25, 0.3) is 0 Å². The van der Waals surface area contributed by atoms with Crippen molar-refractivity contribution in [2.45, 2.75) is 12.5 Å². The van der Waals surface area contributed by atoms with Crippen LogP contribution in [0.5, 0.6) is 0 Å². The molecule has 17 heavy (non-hydrogen) atoms. The number of nitrogens with zero attached hydrogens (tertiary/aromatic N) is 2. The molecule has 1 saturated heterocycles. The van der Waals surface area contributed by atoms with Crippen LogP contribution in [0.2, 0.25) is 0 Å². The predicted molar refractivity (Wildman–Crippen MR) is 74.3 cm³/mol. The number of thiophene rings is 1. The number of nitrogens with two attached hydrogens (primary N) is 1. The van der Waals surface area contributed by atoms with Crippen molar-refractivity contribution >= 4 is 11.3 Å². The normalized spacial score (nSPS) is 23.4. The minimum absolute atomic E-state index is 0.166. The molecule has 0 amide bonds. The van der Waals surface area contributed by atoms with Gasteiger partial charge >= 0.3 is 0 Å². The highest BCUT2D eigenvalue weighted by Crippen LogP contribution is 2.19. The molecule has 1 aliphatic rings. The van der Waals surface area contributed by atoms with E-state index in [1.165, 1.54) is 30.9 Å². The first-order valence-electron chi connectivity index (χ1n) is 6.31. The number of likely N-dealkylation sites (tertiary alicyclic amines) is 1. The van der Waals surface area contributed by atoms with Gasteiger partial charge in [-0.15, -0.1) is 11.3 Å². The second-order valence-electron chi connectivity index (χ2n) is 5.26. The van der Waals surface area contributed by atoms with E-state index in [1.807, 2.05) is 0 Å². The molecule has 1 aromatic rings. The summed E-state index contributed by atoms with van der Waals surface area (Å²) in [6.07, 6.45) is 1.33. The van der Waals surface area contributed by atoms with Crippen LogP contribution in [0.15, 0.2) is 17.5 Å². The van der Waals surface area contributed by atoms with Crippen molar-refractivity contribution in [2.24, 2.45) is 11.7 Å². The molecule has 0 bridgehead atoms. The minimum Gasteiger partial charge on any atom is -0.322 e. The maximum Gasteiger partial charge on any atom is 0.0518 e. The molecular formula is C13H23N3S. The van der Waals surface area contributed by atoms with E-state index in [0.29, 0.717) is 0 Å². The summed E-state index contributed by atoms with van der Waals surface area (Å²) in [7, 11) is 4.39. The summed E-state index contributed by atoms with van der Waals surface area (Å²) in [6.45, 7) is 4.61. The van der Waals surface area contributed by atoms with Crippen molar-refractivity contribution < 1.29 is 0 Å². The molecular weight excluding hydrogens is 230 g/mol. The van der Waals surface area contributed by atoms with Crippen LogP contribution in [0.3, 0.4) is 0 Å². The highest BCUT2D eigenvalue weighted by atomic mass is 32.1. The third-order valence-electron chi connectivity index (χ3n) is 3.48. The molecule has 2 N–H and O–H groups in total. The molecule has 1 aliphatic heterocycles. The lowest BCUT2D eigenvalue weighted by Crippen LogP contribution is -2.33. The van der Waals surface area contributed by atoms with Gasteiger partial charge in [0.15, 0.2) is 0 Å². The summed E-state index contributed by atoms with van der Waals surface area (Å²) in [5.41, 5.74) is 6.20. The zero-order valence-corrected chi connectivity index (χ0v) is 11.6. The molecule has 0 aromatic carbocycles. The molecule has 0 saturated carbocycles. The molecule has 2 atom stereocenters. The van der Waals surface area contributed by atoms with Gasteiger partial charge in [-0.2, -0.15) is 0 Å². The van der Waals surface area contributed by atoms with Gasteiger partial charge in [-0.1, -0.05) is 6.07 Å².